The second kappa shape index (κ2) is 7.01. The predicted molar refractivity (Wildman–Crippen MR) is 66.4 cm³/mol. The molecule has 3 heteroatoms. The highest BCUT2D eigenvalue weighted by Crippen LogP contribution is 2.08. The average Bonchev–Trinajstić information content (AvgIpc) is 2.14. The lowest BCUT2D eigenvalue weighted by Gasteiger charge is -2.26. The van der Waals surface area contributed by atoms with Crippen LogP contribution in [0.2, 0.25) is 0 Å². The molecule has 1 fully saturated rings. The first-order valence-electron chi connectivity index (χ1n) is 5.39. The maximum atomic E-state index is 3.45. The third-order valence-corrected chi connectivity index (χ3v) is 2.97. The lowest BCUT2D eigenvalue weighted by atomic mass is 10.1. The van der Waals surface area contributed by atoms with Crippen LogP contribution in [0.4, 0.5) is 0 Å². The molecule has 1 aliphatic rings. The molecule has 13 heavy (non-hydrogen) atoms. The smallest absolute Gasteiger partial charge is 0.0564 e. The van der Waals surface area contributed by atoms with Gasteiger partial charge in [0.25, 0.3) is 0 Å². The first kappa shape index (κ1) is 11.7. The van der Waals surface area contributed by atoms with E-state index in [9.17, 15) is 0 Å². The second-order valence-corrected chi connectivity index (χ2v) is 5.69. The minimum atomic E-state index is 0.610. The molecule has 1 aliphatic heterocycles. The van der Waals surface area contributed by atoms with E-state index in [-0.39, 0.29) is 0 Å². The minimum absolute atomic E-state index is 0.610. The van der Waals surface area contributed by atoms with Crippen LogP contribution >= 0.6 is 22.6 Å². The Bertz CT molecular complexity index is 122. The summed E-state index contributed by atoms with van der Waals surface area (Å²) >= 11 is 2.41. The summed E-state index contributed by atoms with van der Waals surface area (Å²) < 4.78 is 0.610. The topological polar surface area (TPSA) is 15.3 Å². The minimum Gasteiger partial charge on any atom is -0.306 e. The number of likely N-dealkylation sites (tertiary alicyclic amines) is 1. The second-order valence-electron chi connectivity index (χ2n) is 3.83. The van der Waals surface area contributed by atoms with Gasteiger partial charge >= 0.3 is 0 Å². The van der Waals surface area contributed by atoms with E-state index >= 15 is 0 Å². The Morgan fingerprint density at radius 3 is 2.62 bits per heavy atom. The van der Waals surface area contributed by atoms with Crippen molar-refractivity contribution >= 4 is 22.6 Å². The fraction of sp³-hybridized carbons (Fsp3) is 1.00. The van der Waals surface area contributed by atoms with Gasteiger partial charge in [0.05, 0.1) is 4.05 Å². The van der Waals surface area contributed by atoms with Crippen molar-refractivity contribution in [2.45, 2.75) is 36.7 Å². The van der Waals surface area contributed by atoms with Gasteiger partial charge in [-0.15, -0.1) is 0 Å². The van der Waals surface area contributed by atoms with Crippen LogP contribution in [-0.2, 0) is 0 Å². The lowest BCUT2D eigenvalue weighted by Crippen LogP contribution is -2.32. The molecule has 0 radical (unpaired) electrons. The lowest BCUT2D eigenvalue weighted by molar-refractivity contribution is 0.226. The van der Waals surface area contributed by atoms with E-state index in [1.165, 1.54) is 51.9 Å². The molecule has 1 rings (SSSR count). The van der Waals surface area contributed by atoms with E-state index in [1.54, 1.807) is 0 Å². The molecular weight excluding hydrogens is 275 g/mol. The van der Waals surface area contributed by atoms with Crippen LogP contribution in [-0.4, -0.2) is 35.1 Å². The molecule has 1 N–H and O–H groups in total. The molecule has 0 spiro atoms. The van der Waals surface area contributed by atoms with Crippen molar-refractivity contribution < 1.29 is 0 Å². The van der Waals surface area contributed by atoms with Crippen molar-refractivity contribution in [3.05, 3.63) is 0 Å². The normalized spacial score (nSPS) is 21.7. The van der Waals surface area contributed by atoms with Crippen LogP contribution < -0.4 is 5.32 Å². The van der Waals surface area contributed by atoms with E-state index in [0.29, 0.717) is 4.05 Å². The Morgan fingerprint density at radius 2 is 2.00 bits per heavy atom. The average molecular weight is 296 g/mol. The molecule has 0 aromatic heterocycles. The maximum absolute atomic E-state index is 3.45. The van der Waals surface area contributed by atoms with Gasteiger partial charge in [-0.2, -0.15) is 0 Å². The monoisotopic (exact) mass is 296 g/mol. The quantitative estimate of drug-likeness (QED) is 0.362. The van der Waals surface area contributed by atoms with Crippen molar-refractivity contribution in [1.29, 1.82) is 0 Å². The van der Waals surface area contributed by atoms with Gasteiger partial charge in [-0.25, -0.2) is 0 Å². The zero-order chi connectivity index (χ0) is 9.52. The molecule has 0 bridgehead atoms. The molecule has 1 atom stereocenters. The summed E-state index contributed by atoms with van der Waals surface area (Å²) in [6.45, 7) is 7.32. The van der Waals surface area contributed by atoms with Crippen LogP contribution in [0.3, 0.4) is 0 Å². The van der Waals surface area contributed by atoms with Gasteiger partial charge in [-0.05, 0) is 52.4 Å². The zero-order valence-electron chi connectivity index (χ0n) is 8.56. The van der Waals surface area contributed by atoms with E-state index in [2.05, 4.69) is 39.7 Å². The Kier molecular flexibility index (Phi) is 6.32. The predicted octanol–water partition coefficient (Wildman–Crippen LogP) is 2.23. The molecule has 0 aromatic rings. The van der Waals surface area contributed by atoms with Crippen LogP contribution in [0, 0.1) is 0 Å². The molecule has 0 aromatic carbocycles. The number of alkyl halides is 1. The summed E-state index contributed by atoms with van der Waals surface area (Å²) in [7, 11) is 0. The summed E-state index contributed by atoms with van der Waals surface area (Å²) in [5.41, 5.74) is 0. The van der Waals surface area contributed by atoms with Crippen LogP contribution in [0.5, 0.6) is 0 Å². The largest absolute Gasteiger partial charge is 0.306 e. The third kappa shape index (κ3) is 5.86. The summed E-state index contributed by atoms with van der Waals surface area (Å²) in [6.07, 6.45) is 5.57. The Morgan fingerprint density at radius 1 is 1.31 bits per heavy atom. The SMILES string of the molecule is CC(I)NCCCN1CCCCC1. The van der Waals surface area contributed by atoms with Crippen molar-refractivity contribution in [3.63, 3.8) is 0 Å². The van der Waals surface area contributed by atoms with E-state index in [1.807, 2.05) is 0 Å². The molecule has 2 nitrogen and oxygen atoms in total. The highest BCUT2D eigenvalue weighted by atomic mass is 127. The van der Waals surface area contributed by atoms with Gasteiger partial charge in [0.2, 0.25) is 0 Å². The number of nitrogens with one attached hydrogen (secondary N) is 1. The van der Waals surface area contributed by atoms with Crippen molar-refractivity contribution in [3.8, 4) is 0 Å². The molecule has 1 heterocycles. The number of hydrogen-bond donors (Lipinski definition) is 1. The van der Waals surface area contributed by atoms with E-state index < -0.39 is 0 Å². The highest BCUT2D eigenvalue weighted by molar-refractivity contribution is 14.1. The van der Waals surface area contributed by atoms with Crippen molar-refractivity contribution in [2.24, 2.45) is 0 Å². The van der Waals surface area contributed by atoms with Gasteiger partial charge in [0, 0.05) is 0 Å². The van der Waals surface area contributed by atoms with E-state index in [4.69, 9.17) is 0 Å². The van der Waals surface area contributed by atoms with Crippen molar-refractivity contribution in [2.75, 3.05) is 26.2 Å². The van der Waals surface area contributed by atoms with Crippen LogP contribution in [0.1, 0.15) is 32.6 Å². The summed E-state index contributed by atoms with van der Waals surface area (Å²) in [4.78, 5) is 2.60. The van der Waals surface area contributed by atoms with Gasteiger partial charge in [0.15, 0.2) is 0 Å². The molecule has 0 amide bonds. The van der Waals surface area contributed by atoms with Crippen LogP contribution in [0.25, 0.3) is 0 Å². The van der Waals surface area contributed by atoms with Gasteiger partial charge < -0.3 is 10.2 Å². The molecule has 0 aliphatic carbocycles. The van der Waals surface area contributed by atoms with Gasteiger partial charge in [0.1, 0.15) is 0 Å². The molecular formula is C10H21IN2. The number of halogens is 1. The third-order valence-electron chi connectivity index (χ3n) is 2.53. The fourth-order valence-electron chi connectivity index (χ4n) is 1.79. The number of nitrogens with zero attached hydrogens (tertiary/aromatic N) is 1. The first-order valence-corrected chi connectivity index (χ1v) is 6.63. The van der Waals surface area contributed by atoms with Crippen LogP contribution in [0.15, 0.2) is 0 Å². The van der Waals surface area contributed by atoms with E-state index in [0.717, 1.165) is 0 Å². The molecule has 0 saturated carbocycles. The summed E-state index contributed by atoms with van der Waals surface area (Å²) in [5.74, 6) is 0. The van der Waals surface area contributed by atoms with Gasteiger partial charge in [-0.3, -0.25) is 0 Å². The fourth-order valence-corrected chi connectivity index (χ4v) is 2.10. The Balaban J connectivity index is 1.92. The van der Waals surface area contributed by atoms with Crippen molar-refractivity contribution in [1.82, 2.24) is 10.2 Å². The maximum Gasteiger partial charge on any atom is 0.0564 e. The molecule has 78 valence electrons. The molecule has 1 saturated heterocycles. The Hall–Kier alpha value is 0.650. The number of hydrogen-bond acceptors (Lipinski definition) is 2. The molecule has 1 unspecified atom stereocenters. The Labute approximate surface area is 95.6 Å². The first-order chi connectivity index (χ1) is 6.29. The number of piperidine rings is 1. The summed E-state index contributed by atoms with van der Waals surface area (Å²) in [5, 5.41) is 3.45. The zero-order valence-corrected chi connectivity index (χ0v) is 10.7. The summed E-state index contributed by atoms with van der Waals surface area (Å²) in [6, 6.07) is 0. The standard InChI is InChI=1S/C10H21IN2/c1-10(11)12-6-5-9-13-7-3-2-4-8-13/h10,12H,2-9H2,1H3. The van der Waals surface area contributed by atoms with Gasteiger partial charge in [-0.1, -0.05) is 29.0 Å². The number of rotatable bonds is 5. The highest BCUT2D eigenvalue weighted by Gasteiger charge is 2.08.